The molecule has 0 unspecified atom stereocenters. The normalized spacial score (nSPS) is 17.1. The summed E-state index contributed by atoms with van der Waals surface area (Å²) in [6, 6.07) is 7.74. The second-order valence-electron chi connectivity index (χ2n) is 6.07. The molecule has 0 spiro atoms. The van der Waals surface area contributed by atoms with Gasteiger partial charge in [0.1, 0.15) is 12.4 Å². The maximum Gasteiger partial charge on any atom is 0.272 e. The lowest BCUT2D eigenvalue weighted by atomic mass is 10.0. The van der Waals surface area contributed by atoms with Gasteiger partial charge in [-0.25, -0.2) is 8.78 Å². The van der Waals surface area contributed by atoms with E-state index in [0.717, 1.165) is 38.0 Å². The summed E-state index contributed by atoms with van der Waals surface area (Å²) in [5, 5.41) is 9.32. The number of nitrogens with zero attached hydrogens (tertiary/aromatic N) is 2. The Morgan fingerprint density at radius 3 is 2.48 bits per heavy atom. The molecular weight excluding hydrogens is 302 g/mol. The van der Waals surface area contributed by atoms with Crippen molar-refractivity contribution < 1.29 is 18.6 Å². The number of hydrogen-bond acceptors (Lipinski definition) is 4. The molecule has 0 aromatic heterocycles. The van der Waals surface area contributed by atoms with Crippen LogP contribution in [0.4, 0.5) is 8.78 Å². The monoisotopic (exact) mass is 328 g/mol. The van der Waals surface area contributed by atoms with Gasteiger partial charge < -0.3 is 14.7 Å². The summed E-state index contributed by atoms with van der Waals surface area (Å²) in [5.41, 5.74) is 1.10. The van der Waals surface area contributed by atoms with Crippen LogP contribution in [0.15, 0.2) is 24.3 Å². The van der Waals surface area contributed by atoms with Gasteiger partial charge in [-0.2, -0.15) is 0 Å². The number of likely N-dealkylation sites (tertiary alicyclic amines) is 1. The Morgan fingerprint density at radius 1 is 1.26 bits per heavy atom. The summed E-state index contributed by atoms with van der Waals surface area (Å²) in [6.07, 6.45) is -0.253. The summed E-state index contributed by atoms with van der Waals surface area (Å²) >= 11 is 0. The van der Waals surface area contributed by atoms with E-state index in [1.807, 2.05) is 12.1 Å². The van der Waals surface area contributed by atoms with Crippen LogP contribution in [0.3, 0.4) is 0 Å². The third-order valence-electron chi connectivity index (χ3n) is 4.28. The highest BCUT2D eigenvalue weighted by molar-refractivity contribution is 5.27. The molecule has 1 aliphatic rings. The van der Waals surface area contributed by atoms with E-state index in [0.29, 0.717) is 18.3 Å². The molecule has 2 rings (SSSR count). The minimum absolute atomic E-state index is 0.141. The second-order valence-corrected chi connectivity index (χ2v) is 6.07. The first-order chi connectivity index (χ1) is 11.1. The maximum atomic E-state index is 12.1. The van der Waals surface area contributed by atoms with Crippen LogP contribution in [0.25, 0.3) is 0 Å². The van der Waals surface area contributed by atoms with Crippen LogP contribution in [0.1, 0.15) is 18.4 Å². The van der Waals surface area contributed by atoms with Gasteiger partial charge in [0.15, 0.2) is 0 Å². The molecule has 1 saturated heterocycles. The predicted octanol–water partition coefficient (Wildman–Crippen LogP) is 2.22. The molecular formula is C17H26F2N2O2. The van der Waals surface area contributed by atoms with Gasteiger partial charge in [-0.1, -0.05) is 12.1 Å². The van der Waals surface area contributed by atoms with Crippen LogP contribution in [0, 0.1) is 0 Å². The fourth-order valence-corrected chi connectivity index (χ4v) is 2.96. The van der Waals surface area contributed by atoms with Gasteiger partial charge >= 0.3 is 0 Å². The van der Waals surface area contributed by atoms with E-state index in [4.69, 9.17) is 4.74 Å². The highest BCUT2D eigenvalue weighted by atomic mass is 19.3. The zero-order valence-electron chi connectivity index (χ0n) is 13.6. The average molecular weight is 328 g/mol. The van der Waals surface area contributed by atoms with Crippen LogP contribution in [0.2, 0.25) is 0 Å². The van der Waals surface area contributed by atoms with Crippen molar-refractivity contribution in [2.45, 2.75) is 31.9 Å². The van der Waals surface area contributed by atoms with Gasteiger partial charge in [-0.15, -0.1) is 0 Å². The van der Waals surface area contributed by atoms with Crippen LogP contribution in [-0.2, 0) is 6.54 Å². The summed E-state index contributed by atoms with van der Waals surface area (Å²) in [6.45, 7) is 3.12. The summed E-state index contributed by atoms with van der Waals surface area (Å²) in [5.74, 6) is 0.460. The smallest absolute Gasteiger partial charge is 0.272 e. The number of halogens is 2. The van der Waals surface area contributed by atoms with Gasteiger partial charge in [0.05, 0.1) is 6.61 Å². The lowest BCUT2D eigenvalue weighted by Crippen LogP contribution is -2.44. The molecule has 0 amide bonds. The Hall–Kier alpha value is -1.24. The van der Waals surface area contributed by atoms with Crippen LogP contribution < -0.4 is 4.74 Å². The number of hydrogen-bond donors (Lipinski definition) is 1. The van der Waals surface area contributed by atoms with Gasteiger partial charge in [0.25, 0.3) is 6.43 Å². The van der Waals surface area contributed by atoms with E-state index in [1.54, 1.807) is 12.1 Å². The Kier molecular flexibility index (Phi) is 7.20. The fraction of sp³-hybridized carbons (Fsp3) is 0.647. The molecule has 1 aromatic carbocycles. The fourth-order valence-electron chi connectivity index (χ4n) is 2.96. The topological polar surface area (TPSA) is 35.9 Å². The molecule has 0 aliphatic carbocycles. The van der Waals surface area contributed by atoms with Crippen molar-refractivity contribution in [3.05, 3.63) is 29.8 Å². The molecule has 0 radical (unpaired) electrons. The molecule has 6 heteroatoms. The van der Waals surface area contributed by atoms with E-state index in [1.165, 1.54) is 0 Å². The first kappa shape index (κ1) is 18.1. The van der Waals surface area contributed by atoms with Crippen LogP contribution in [-0.4, -0.2) is 67.3 Å². The Bertz CT molecular complexity index is 448. The molecule has 1 aromatic rings. The van der Waals surface area contributed by atoms with E-state index >= 15 is 0 Å². The quantitative estimate of drug-likeness (QED) is 0.794. The second kappa shape index (κ2) is 9.15. The molecule has 1 fully saturated rings. The summed E-state index contributed by atoms with van der Waals surface area (Å²) in [7, 11) is 2.13. The lowest BCUT2D eigenvalue weighted by Gasteiger charge is -2.37. The number of alkyl halides is 2. The first-order valence-electron chi connectivity index (χ1n) is 8.12. The van der Waals surface area contributed by atoms with Gasteiger partial charge in [-0.3, -0.25) is 4.90 Å². The molecule has 4 nitrogen and oxygen atoms in total. The van der Waals surface area contributed by atoms with Gasteiger partial charge in [0.2, 0.25) is 0 Å². The van der Waals surface area contributed by atoms with E-state index in [-0.39, 0.29) is 6.61 Å². The summed E-state index contributed by atoms with van der Waals surface area (Å²) < 4.78 is 29.3. The van der Waals surface area contributed by atoms with Crippen molar-refractivity contribution in [3.63, 3.8) is 0 Å². The van der Waals surface area contributed by atoms with Crippen molar-refractivity contribution in [2.24, 2.45) is 0 Å². The number of rotatable bonds is 8. The number of benzene rings is 1. The third-order valence-corrected chi connectivity index (χ3v) is 4.28. The molecule has 0 saturated carbocycles. The Morgan fingerprint density at radius 2 is 1.91 bits per heavy atom. The van der Waals surface area contributed by atoms with Crippen molar-refractivity contribution in [1.29, 1.82) is 0 Å². The number of aliphatic hydroxyl groups is 1. The van der Waals surface area contributed by atoms with Crippen LogP contribution >= 0.6 is 0 Å². The van der Waals surface area contributed by atoms with Crippen molar-refractivity contribution in [2.75, 3.05) is 39.9 Å². The SMILES string of the molecule is CN1CCC(N(CCO)Cc2ccc(OCC(F)F)cc2)CC1. The van der Waals surface area contributed by atoms with E-state index < -0.39 is 13.0 Å². The predicted molar refractivity (Wildman–Crippen MR) is 86.0 cm³/mol. The molecule has 1 N–H and O–H groups in total. The van der Waals surface area contributed by atoms with E-state index in [2.05, 4.69) is 16.8 Å². The zero-order valence-corrected chi connectivity index (χ0v) is 13.6. The Balaban J connectivity index is 1.91. The van der Waals surface area contributed by atoms with Crippen molar-refractivity contribution in [3.8, 4) is 5.75 Å². The molecule has 23 heavy (non-hydrogen) atoms. The van der Waals surface area contributed by atoms with Gasteiger partial charge in [-0.05, 0) is 50.7 Å². The standard InChI is InChI=1S/C17H26F2N2O2/c1-20-8-6-15(7-9-20)21(10-11-22)12-14-2-4-16(5-3-14)23-13-17(18)19/h2-5,15,17,22H,6-13H2,1H3. The maximum absolute atomic E-state index is 12.1. The number of ether oxygens (including phenoxy) is 1. The van der Waals surface area contributed by atoms with E-state index in [9.17, 15) is 13.9 Å². The highest BCUT2D eigenvalue weighted by Crippen LogP contribution is 2.20. The molecule has 1 heterocycles. The molecule has 1 aliphatic heterocycles. The number of aliphatic hydroxyl groups excluding tert-OH is 1. The van der Waals surface area contributed by atoms with Crippen molar-refractivity contribution >= 4 is 0 Å². The molecule has 0 atom stereocenters. The molecule has 0 bridgehead atoms. The first-order valence-corrected chi connectivity index (χ1v) is 8.12. The third kappa shape index (κ3) is 6.05. The number of piperidine rings is 1. The Labute approximate surface area is 136 Å². The highest BCUT2D eigenvalue weighted by Gasteiger charge is 2.22. The summed E-state index contributed by atoms with van der Waals surface area (Å²) in [4.78, 5) is 4.63. The lowest BCUT2D eigenvalue weighted by molar-refractivity contribution is 0.0818. The average Bonchev–Trinajstić information content (AvgIpc) is 2.54. The van der Waals surface area contributed by atoms with Crippen LogP contribution in [0.5, 0.6) is 5.75 Å². The zero-order chi connectivity index (χ0) is 16.7. The minimum Gasteiger partial charge on any atom is -0.488 e. The minimum atomic E-state index is -2.46. The molecule has 130 valence electrons. The largest absolute Gasteiger partial charge is 0.488 e. The van der Waals surface area contributed by atoms with Gasteiger partial charge in [0, 0.05) is 19.1 Å². The van der Waals surface area contributed by atoms with Crippen molar-refractivity contribution in [1.82, 2.24) is 9.80 Å².